The third-order valence-corrected chi connectivity index (χ3v) is 5.63. The van der Waals surface area contributed by atoms with E-state index in [9.17, 15) is 9.59 Å². The molecule has 0 spiro atoms. The lowest BCUT2D eigenvalue weighted by molar-refractivity contribution is -0.137. The first kappa shape index (κ1) is 18.1. The van der Waals surface area contributed by atoms with Gasteiger partial charge in [-0.1, -0.05) is 19.3 Å². The largest absolute Gasteiger partial charge is 0.481 e. The zero-order chi connectivity index (χ0) is 15.9. The average Bonchev–Trinajstić information content (AvgIpc) is 2.45. The molecular formula is C15H28N2O3S. The van der Waals surface area contributed by atoms with Crippen LogP contribution in [0.1, 0.15) is 52.4 Å². The van der Waals surface area contributed by atoms with Crippen LogP contribution in [0, 0.1) is 0 Å². The van der Waals surface area contributed by atoms with Crippen LogP contribution in [0.3, 0.4) is 0 Å². The quantitative estimate of drug-likeness (QED) is 0.757. The summed E-state index contributed by atoms with van der Waals surface area (Å²) in [6.45, 7) is 4.74. The van der Waals surface area contributed by atoms with Crippen LogP contribution < -0.4 is 5.32 Å². The Morgan fingerprint density at radius 3 is 2.38 bits per heavy atom. The van der Waals surface area contributed by atoms with Gasteiger partial charge in [-0.05, 0) is 32.9 Å². The fourth-order valence-electron chi connectivity index (χ4n) is 2.80. The van der Waals surface area contributed by atoms with Gasteiger partial charge in [0.2, 0.25) is 0 Å². The Morgan fingerprint density at radius 1 is 1.29 bits per heavy atom. The Morgan fingerprint density at radius 2 is 1.90 bits per heavy atom. The maximum Gasteiger partial charge on any atom is 0.317 e. The minimum Gasteiger partial charge on any atom is -0.481 e. The monoisotopic (exact) mass is 316 g/mol. The molecule has 0 aromatic rings. The molecule has 0 atom stereocenters. The van der Waals surface area contributed by atoms with Crippen molar-refractivity contribution in [1.29, 1.82) is 0 Å². The zero-order valence-electron chi connectivity index (χ0n) is 13.4. The Labute approximate surface area is 131 Å². The molecule has 1 aliphatic rings. The summed E-state index contributed by atoms with van der Waals surface area (Å²) in [7, 11) is 0. The minimum absolute atomic E-state index is 0.000866. The molecule has 1 saturated carbocycles. The topological polar surface area (TPSA) is 69.6 Å². The number of carbonyl (C=O) groups excluding carboxylic acids is 1. The number of amides is 2. The van der Waals surface area contributed by atoms with Crippen molar-refractivity contribution in [2.45, 2.75) is 63.2 Å². The van der Waals surface area contributed by atoms with E-state index in [-0.39, 0.29) is 29.8 Å². The van der Waals surface area contributed by atoms with Gasteiger partial charge in [0.15, 0.2) is 0 Å². The number of carbonyl (C=O) groups is 2. The molecule has 0 bridgehead atoms. The molecule has 0 heterocycles. The molecule has 6 heteroatoms. The summed E-state index contributed by atoms with van der Waals surface area (Å²) in [5, 5.41) is 11.8. The number of rotatable bonds is 7. The van der Waals surface area contributed by atoms with Gasteiger partial charge in [-0.2, -0.15) is 11.8 Å². The van der Waals surface area contributed by atoms with Gasteiger partial charge in [-0.15, -0.1) is 0 Å². The zero-order valence-corrected chi connectivity index (χ0v) is 14.2. The highest BCUT2D eigenvalue weighted by molar-refractivity contribution is 8.00. The van der Waals surface area contributed by atoms with E-state index in [4.69, 9.17) is 5.11 Å². The molecule has 0 aliphatic heterocycles. The molecule has 21 heavy (non-hydrogen) atoms. The fourth-order valence-corrected chi connectivity index (χ4v) is 3.71. The van der Waals surface area contributed by atoms with Crippen molar-refractivity contribution >= 4 is 23.8 Å². The number of carboxylic acids is 1. The van der Waals surface area contributed by atoms with Gasteiger partial charge < -0.3 is 15.3 Å². The van der Waals surface area contributed by atoms with E-state index >= 15 is 0 Å². The van der Waals surface area contributed by atoms with Crippen LogP contribution >= 0.6 is 11.8 Å². The fraction of sp³-hybridized carbons (Fsp3) is 0.867. The summed E-state index contributed by atoms with van der Waals surface area (Å²) in [4.78, 5) is 24.6. The molecule has 122 valence electrons. The van der Waals surface area contributed by atoms with Crippen molar-refractivity contribution in [2.75, 3.05) is 19.3 Å². The number of thioether (sulfide) groups is 1. The van der Waals surface area contributed by atoms with E-state index < -0.39 is 5.97 Å². The molecule has 1 rings (SSSR count). The second-order valence-electron chi connectivity index (χ2n) is 6.04. The Bertz CT molecular complexity index is 355. The maximum absolute atomic E-state index is 12.3. The number of hydrogen-bond donors (Lipinski definition) is 2. The second kappa shape index (κ2) is 8.51. The lowest BCUT2D eigenvalue weighted by atomic mass is 9.88. The summed E-state index contributed by atoms with van der Waals surface area (Å²) in [6, 6.07) is -0.147. The summed E-state index contributed by atoms with van der Waals surface area (Å²) in [5.41, 5.74) is 0. The number of nitrogens with zero attached hydrogens (tertiary/aromatic N) is 1. The van der Waals surface area contributed by atoms with Gasteiger partial charge in [-0.25, -0.2) is 4.79 Å². The van der Waals surface area contributed by atoms with Crippen molar-refractivity contribution in [3.05, 3.63) is 0 Å². The number of urea groups is 1. The van der Waals surface area contributed by atoms with Crippen LogP contribution in [0.2, 0.25) is 0 Å². The van der Waals surface area contributed by atoms with Crippen molar-refractivity contribution < 1.29 is 14.7 Å². The Hall–Kier alpha value is -0.910. The van der Waals surface area contributed by atoms with Gasteiger partial charge in [0, 0.05) is 23.9 Å². The first-order chi connectivity index (χ1) is 9.90. The average molecular weight is 316 g/mol. The van der Waals surface area contributed by atoms with Gasteiger partial charge in [0.1, 0.15) is 0 Å². The first-order valence-corrected chi connectivity index (χ1v) is 8.94. The highest BCUT2D eigenvalue weighted by Gasteiger charge is 2.32. The summed E-state index contributed by atoms with van der Waals surface area (Å²) < 4.78 is 0.156. The van der Waals surface area contributed by atoms with E-state index in [2.05, 4.69) is 11.6 Å². The number of carboxylic acid groups (broad SMARTS) is 1. The predicted molar refractivity (Wildman–Crippen MR) is 86.8 cm³/mol. The lowest BCUT2D eigenvalue weighted by Crippen LogP contribution is -2.49. The molecule has 0 aromatic carbocycles. The van der Waals surface area contributed by atoms with Crippen molar-refractivity contribution in [2.24, 2.45) is 0 Å². The minimum atomic E-state index is -0.874. The maximum atomic E-state index is 12.3. The molecule has 2 amide bonds. The highest BCUT2D eigenvalue weighted by Crippen LogP contribution is 2.37. The van der Waals surface area contributed by atoms with Crippen molar-refractivity contribution in [1.82, 2.24) is 10.2 Å². The van der Waals surface area contributed by atoms with E-state index in [1.54, 1.807) is 4.90 Å². The van der Waals surface area contributed by atoms with Gasteiger partial charge in [0.05, 0.1) is 6.42 Å². The molecule has 0 unspecified atom stereocenters. The van der Waals surface area contributed by atoms with Crippen LogP contribution in [-0.2, 0) is 4.79 Å². The number of aliphatic carboxylic acids is 1. The summed E-state index contributed by atoms with van der Waals surface area (Å²) >= 11 is 1.85. The van der Waals surface area contributed by atoms with E-state index in [0.717, 1.165) is 12.8 Å². The SMILES string of the molecule is CSC1(CNC(=O)N(CCC(=O)O)C(C)C)CCCCC1. The van der Waals surface area contributed by atoms with Crippen molar-refractivity contribution in [3.63, 3.8) is 0 Å². The van der Waals surface area contributed by atoms with Crippen LogP contribution in [0.4, 0.5) is 4.79 Å². The summed E-state index contributed by atoms with van der Waals surface area (Å²) in [5.74, 6) is -0.874. The van der Waals surface area contributed by atoms with Crippen LogP contribution in [-0.4, -0.2) is 52.1 Å². The summed E-state index contributed by atoms with van der Waals surface area (Å²) in [6.07, 6.45) is 8.12. The Balaban J connectivity index is 2.53. The molecule has 0 aromatic heterocycles. The third kappa shape index (κ3) is 5.77. The normalized spacial score (nSPS) is 17.5. The van der Waals surface area contributed by atoms with Gasteiger partial charge in [-0.3, -0.25) is 4.79 Å². The van der Waals surface area contributed by atoms with E-state index in [1.807, 2.05) is 25.6 Å². The van der Waals surface area contributed by atoms with Crippen LogP contribution in [0.25, 0.3) is 0 Å². The van der Waals surface area contributed by atoms with Crippen molar-refractivity contribution in [3.8, 4) is 0 Å². The molecular weight excluding hydrogens is 288 g/mol. The number of nitrogens with one attached hydrogen (secondary N) is 1. The lowest BCUT2D eigenvalue weighted by Gasteiger charge is -2.37. The molecule has 1 aliphatic carbocycles. The highest BCUT2D eigenvalue weighted by atomic mass is 32.2. The molecule has 5 nitrogen and oxygen atoms in total. The second-order valence-corrected chi connectivity index (χ2v) is 7.31. The Kier molecular flexibility index (Phi) is 7.35. The van der Waals surface area contributed by atoms with Gasteiger partial charge in [0.25, 0.3) is 0 Å². The standard InChI is InChI=1S/C15H28N2O3S/c1-12(2)17(10-7-13(18)19)14(20)16-11-15(21-3)8-5-4-6-9-15/h12H,4-11H2,1-3H3,(H,16,20)(H,18,19). The van der Waals surface area contributed by atoms with E-state index in [0.29, 0.717) is 6.54 Å². The van der Waals surface area contributed by atoms with Crippen LogP contribution in [0.15, 0.2) is 0 Å². The van der Waals surface area contributed by atoms with Gasteiger partial charge >= 0.3 is 12.0 Å². The molecule has 0 radical (unpaired) electrons. The smallest absolute Gasteiger partial charge is 0.317 e. The number of hydrogen-bond acceptors (Lipinski definition) is 3. The first-order valence-electron chi connectivity index (χ1n) is 7.71. The predicted octanol–water partition coefficient (Wildman–Crippen LogP) is 2.95. The van der Waals surface area contributed by atoms with Crippen LogP contribution in [0.5, 0.6) is 0 Å². The molecule has 2 N–H and O–H groups in total. The molecule has 0 saturated heterocycles. The molecule has 1 fully saturated rings. The van der Waals surface area contributed by atoms with E-state index in [1.165, 1.54) is 19.3 Å². The third-order valence-electron chi connectivity index (χ3n) is 4.21.